The van der Waals surface area contributed by atoms with E-state index in [0.717, 1.165) is 25.9 Å². The van der Waals surface area contributed by atoms with Gasteiger partial charge in [0.2, 0.25) is 0 Å². The first-order chi connectivity index (χ1) is 9.94. The van der Waals surface area contributed by atoms with Gasteiger partial charge in [0.1, 0.15) is 0 Å². The monoisotopic (exact) mass is 290 g/mol. The van der Waals surface area contributed by atoms with Gasteiger partial charge in [-0.3, -0.25) is 0 Å². The lowest BCUT2D eigenvalue weighted by Crippen LogP contribution is -2.42. The van der Waals surface area contributed by atoms with Crippen molar-refractivity contribution in [2.45, 2.75) is 39.2 Å². The smallest absolute Gasteiger partial charge is 0.407 e. The van der Waals surface area contributed by atoms with E-state index in [1.54, 1.807) is 0 Å². The Hall–Kier alpha value is -1.71. The number of anilines is 1. The quantitative estimate of drug-likeness (QED) is 0.927. The fraction of sp³-hybridized carbons (Fsp3) is 0.588. The van der Waals surface area contributed by atoms with Crippen molar-refractivity contribution in [3.8, 4) is 0 Å². The third-order valence-electron chi connectivity index (χ3n) is 3.66. The summed E-state index contributed by atoms with van der Waals surface area (Å²) in [6, 6.07) is 10.5. The van der Waals surface area contributed by atoms with Gasteiger partial charge in [0.05, 0.1) is 6.61 Å². The van der Waals surface area contributed by atoms with Crippen LogP contribution in [0.2, 0.25) is 0 Å². The zero-order chi connectivity index (χ0) is 15.3. The highest BCUT2D eigenvalue weighted by atomic mass is 16.5. The van der Waals surface area contributed by atoms with Gasteiger partial charge in [0, 0.05) is 24.3 Å². The van der Waals surface area contributed by atoms with E-state index in [9.17, 15) is 4.79 Å². The highest BCUT2D eigenvalue weighted by Gasteiger charge is 2.21. The first kappa shape index (κ1) is 15.7. The molecule has 0 saturated carbocycles. The lowest BCUT2D eigenvalue weighted by atomic mass is 9.97. The molecule has 4 nitrogen and oxygen atoms in total. The predicted octanol–water partition coefficient (Wildman–Crippen LogP) is 3.43. The zero-order valence-electron chi connectivity index (χ0n) is 13.3. The lowest BCUT2D eigenvalue weighted by Gasteiger charge is -2.33. The number of hydrogen-bond acceptors (Lipinski definition) is 3. The van der Waals surface area contributed by atoms with Crippen molar-refractivity contribution in [2.24, 2.45) is 5.92 Å². The second kappa shape index (κ2) is 6.83. The molecule has 1 N–H and O–H groups in total. The zero-order valence-corrected chi connectivity index (χ0v) is 13.3. The minimum atomic E-state index is -0.312. The molecule has 0 unspecified atom stereocenters. The maximum absolute atomic E-state index is 11.6. The molecule has 0 radical (unpaired) electrons. The summed E-state index contributed by atoms with van der Waals surface area (Å²) in [6.07, 6.45) is 1.82. The molecule has 1 aliphatic heterocycles. The van der Waals surface area contributed by atoms with Crippen molar-refractivity contribution < 1.29 is 9.53 Å². The number of carbonyl (C=O) groups excluding carboxylic acids is 1. The van der Waals surface area contributed by atoms with E-state index < -0.39 is 0 Å². The van der Waals surface area contributed by atoms with Crippen LogP contribution in [0, 0.1) is 5.92 Å². The molecule has 1 fully saturated rings. The Morgan fingerprint density at radius 2 is 1.86 bits per heavy atom. The lowest BCUT2D eigenvalue weighted by molar-refractivity contribution is 0.113. The summed E-state index contributed by atoms with van der Waals surface area (Å²) in [5.74, 6) is 0.468. The molecule has 0 aromatic heterocycles. The van der Waals surface area contributed by atoms with Crippen molar-refractivity contribution >= 4 is 11.8 Å². The van der Waals surface area contributed by atoms with Gasteiger partial charge in [-0.05, 0) is 51.7 Å². The molecule has 116 valence electrons. The summed E-state index contributed by atoms with van der Waals surface area (Å²) in [7, 11) is 0. The Kier molecular flexibility index (Phi) is 5.10. The second-order valence-electron chi connectivity index (χ2n) is 6.74. The van der Waals surface area contributed by atoms with Gasteiger partial charge in [-0.2, -0.15) is 0 Å². The van der Waals surface area contributed by atoms with Gasteiger partial charge in [-0.25, -0.2) is 4.79 Å². The Morgan fingerprint density at radius 3 is 2.43 bits per heavy atom. The molecule has 1 aromatic rings. The molecule has 4 heteroatoms. The third kappa shape index (κ3) is 5.29. The number of ether oxygens (including phenoxy) is 1. The molecule has 1 amide bonds. The van der Waals surface area contributed by atoms with Crippen LogP contribution in [0.25, 0.3) is 0 Å². The van der Waals surface area contributed by atoms with Crippen LogP contribution in [0.4, 0.5) is 10.5 Å². The predicted molar refractivity (Wildman–Crippen MR) is 85.6 cm³/mol. The second-order valence-corrected chi connectivity index (χ2v) is 6.74. The van der Waals surface area contributed by atoms with E-state index in [1.165, 1.54) is 5.69 Å². The molecular weight excluding hydrogens is 264 g/mol. The molecule has 0 spiro atoms. The third-order valence-corrected chi connectivity index (χ3v) is 3.66. The highest BCUT2D eigenvalue weighted by molar-refractivity contribution is 5.68. The first-order valence-electron chi connectivity index (χ1n) is 7.69. The molecule has 0 atom stereocenters. The average molecular weight is 290 g/mol. The molecule has 0 bridgehead atoms. The first-order valence-corrected chi connectivity index (χ1v) is 7.69. The van der Waals surface area contributed by atoms with E-state index in [4.69, 9.17) is 4.74 Å². The van der Waals surface area contributed by atoms with Crippen molar-refractivity contribution in [1.29, 1.82) is 0 Å². The summed E-state index contributed by atoms with van der Waals surface area (Å²) in [5, 5.41) is 2.82. The van der Waals surface area contributed by atoms with Crippen LogP contribution in [-0.4, -0.2) is 31.3 Å². The number of piperidine rings is 1. The van der Waals surface area contributed by atoms with Gasteiger partial charge in [-0.15, -0.1) is 0 Å². The topological polar surface area (TPSA) is 41.6 Å². The summed E-state index contributed by atoms with van der Waals surface area (Å²) in [5.41, 5.74) is 1.04. The van der Waals surface area contributed by atoms with E-state index in [-0.39, 0.29) is 11.6 Å². The fourth-order valence-electron chi connectivity index (χ4n) is 2.53. The average Bonchev–Trinajstić information content (AvgIpc) is 2.45. The Morgan fingerprint density at radius 1 is 1.24 bits per heavy atom. The molecular formula is C17H26N2O2. The number of hydrogen-bond donors (Lipinski definition) is 1. The summed E-state index contributed by atoms with van der Waals surface area (Å²) < 4.78 is 5.33. The number of nitrogens with zero attached hydrogens (tertiary/aromatic N) is 1. The number of carbonyl (C=O) groups is 1. The number of rotatable bonds is 3. The Bertz CT molecular complexity index is 446. The molecule has 1 aliphatic rings. The number of amides is 1. The standard InChI is InChI=1S/C17H26N2O2/c1-17(2,3)18-16(20)21-13-14-9-11-19(12-10-14)15-7-5-4-6-8-15/h4-8,14H,9-13H2,1-3H3,(H,18,20). The Balaban J connectivity index is 1.71. The van der Waals surface area contributed by atoms with Crippen LogP contribution in [0.15, 0.2) is 30.3 Å². The van der Waals surface area contributed by atoms with Crippen LogP contribution >= 0.6 is 0 Å². The van der Waals surface area contributed by atoms with E-state index in [2.05, 4.69) is 34.5 Å². The van der Waals surface area contributed by atoms with Crippen molar-refractivity contribution in [3.63, 3.8) is 0 Å². The normalized spacial score (nSPS) is 16.6. The van der Waals surface area contributed by atoms with Crippen LogP contribution in [-0.2, 0) is 4.74 Å². The molecule has 1 saturated heterocycles. The highest BCUT2D eigenvalue weighted by Crippen LogP contribution is 2.23. The Labute approximate surface area is 127 Å². The molecule has 21 heavy (non-hydrogen) atoms. The molecule has 1 aromatic carbocycles. The SMILES string of the molecule is CC(C)(C)NC(=O)OCC1CCN(c2ccccc2)CC1. The van der Waals surface area contributed by atoms with Gasteiger partial charge in [0.15, 0.2) is 0 Å². The van der Waals surface area contributed by atoms with Gasteiger partial charge < -0.3 is 15.0 Å². The van der Waals surface area contributed by atoms with E-state index in [0.29, 0.717) is 12.5 Å². The minimum Gasteiger partial charge on any atom is -0.449 e. The van der Waals surface area contributed by atoms with E-state index in [1.807, 2.05) is 26.8 Å². The molecule has 2 rings (SSSR count). The fourth-order valence-corrected chi connectivity index (χ4v) is 2.53. The summed E-state index contributed by atoms with van der Waals surface area (Å²) >= 11 is 0. The maximum Gasteiger partial charge on any atom is 0.407 e. The number of alkyl carbamates (subject to hydrolysis) is 1. The molecule has 1 heterocycles. The van der Waals surface area contributed by atoms with Gasteiger partial charge in [0.25, 0.3) is 0 Å². The number of para-hydroxylation sites is 1. The van der Waals surface area contributed by atoms with Crippen molar-refractivity contribution in [2.75, 3.05) is 24.6 Å². The van der Waals surface area contributed by atoms with Gasteiger partial charge >= 0.3 is 6.09 Å². The van der Waals surface area contributed by atoms with Gasteiger partial charge in [-0.1, -0.05) is 18.2 Å². The maximum atomic E-state index is 11.6. The summed E-state index contributed by atoms with van der Waals surface area (Å²) in [6.45, 7) is 8.42. The molecule has 0 aliphatic carbocycles. The minimum absolute atomic E-state index is 0.242. The number of nitrogens with one attached hydrogen (secondary N) is 1. The number of benzene rings is 1. The van der Waals surface area contributed by atoms with Crippen LogP contribution in [0.5, 0.6) is 0 Å². The van der Waals surface area contributed by atoms with E-state index >= 15 is 0 Å². The van der Waals surface area contributed by atoms with Crippen molar-refractivity contribution in [3.05, 3.63) is 30.3 Å². The van der Waals surface area contributed by atoms with Crippen LogP contribution in [0.1, 0.15) is 33.6 Å². The summed E-state index contributed by atoms with van der Waals surface area (Å²) in [4.78, 5) is 14.0. The van der Waals surface area contributed by atoms with Crippen LogP contribution in [0.3, 0.4) is 0 Å². The van der Waals surface area contributed by atoms with Crippen LogP contribution < -0.4 is 10.2 Å². The largest absolute Gasteiger partial charge is 0.449 e. The van der Waals surface area contributed by atoms with Crippen molar-refractivity contribution in [1.82, 2.24) is 5.32 Å².